The average molecular weight is 460 g/mol. The lowest BCUT2D eigenvalue weighted by Gasteiger charge is -2.57. The van der Waals surface area contributed by atoms with Crippen LogP contribution in [0.5, 0.6) is 0 Å². The first-order valence-corrected chi connectivity index (χ1v) is 12.5. The number of hydrogen-bond donors (Lipinski definition) is 0. The first kappa shape index (κ1) is 17.5. The van der Waals surface area contributed by atoms with Crippen LogP contribution in [0.2, 0.25) is 0 Å². The van der Waals surface area contributed by atoms with Gasteiger partial charge in [0.2, 0.25) is 0 Å². The van der Waals surface area contributed by atoms with E-state index in [0.29, 0.717) is 30.0 Å². The molecule has 0 unspecified atom stereocenters. The summed E-state index contributed by atoms with van der Waals surface area (Å²) < 4.78 is 5.86. The topological polar surface area (TPSA) is 43.4 Å². The summed E-state index contributed by atoms with van der Waals surface area (Å²) in [6.45, 7) is 2.95. The minimum atomic E-state index is -0.0765. The van der Waals surface area contributed by atoms with Gasteiger partial charge in [0.05, 0.1) is 15.8 Å². The highest BCUT2D eigenvalue weighted by atomic mass is 127. The maximum atomic E-state index is 12.5. The summed E-state index contributed by atoms with van der Waals surface area (Å²) in [5.41, 5.74) is 1.31. The lowest BCUT2D eigenvalue weighted by molar-refractivity contribution is -0.133. The van der Waals surface area contributed by atoms with Crippen molar-refractivity contribution in [2.45, 2.75) is 58.3 Å². The quantitative estimate of drug-likeness (QED) is 0.435. The van der Waals surface area contributed by atoms with Crippen LogP contribution in [0, 0.1) is 28.6 Å². The van der Waals surface area contributed by atoms with Crippen molar-refractivity contribution < 1.29 is 13.8 Å². The molecule has 0 spiro atoms. The monoisotopic (exact) mass is 460 g/mol. The van der Waals surface area contributed by atoms with E-state index < -0.39 is 0 Å². The van der Waals surface area contributed by atoms with E-state index in [4.69, 9.17) is 4.18 Å². The molecule has 4 rings (SSSR count). The minimum absolute atomic E-state index is 0.0436. The Bertz CT molecular complexity index is 603. The van der Waals surface area contributed by atoms with Crippen molar-refractivity contribution in [3.8, 4) is 0 Å². The number of halogens is 1. The molecule has 0 amide bonds. The Balaban J connectivity index is 1.70. The van der Waals surface area contributed by atoms with Gasteiger partial charge in [-0.05, 0) is 62.4 Å². The molecule has 4 aliphatic carbocycles. The average Bonchev–Trinajstić information content (AvgIpc) is 2.88. The molecule has 3 saturated carbocycles. The van der Waals surface area contributed by atoms with Gasteiger partial charge in [-0.15, -0.1) is 0 Å². The highest BCUT2D eigenvalue weighted by Crippen LogP contribution is 2.64. The van der Waals surface area contributed by atoms with E-state index in [-0.39, 0.29) is 16.6 Å². The van der Waals surface area contributed by atoms with Gasteiger partial charge < -0.3 is 4.18 Å². The van der Waals surface area contributed by atoms with Crippen molar-refractivity contribution in [1.29, 1.82) is 0 Å². The van der Waals surface area contributed by atoms with Gasteiger partial charge in [0.15, 0.2) is 5.78 Å². The van der Waals surface area contributed by atoms with Gasteiger partial charge in [-0.25, -0.2) is 0 Å². The van der Waals surface area contributed by atoms with E-state index in [1.807, 2.05) is 6.08 Å². The minimum Gasteiger partial charge on any atom is -0.305 e. The predicted molar refractivity (Wildman–Crippen MR) is 104 cm³/mol. The summed E-state index contributed by atoms with van der Waals surface area (Å²) in [6.07, 6.45) is 9.69. The van der Waals surface area contributed by atoms with Crippen LogP contribution in [0.4, 0.5) is 0 Å². The first-order chi connectivity index (χ1) is 11.5. The third-order valence-corrected chi connectivity index (χ3v) is 8.73. The molecule has 0 saturated heterocycles. The fourth-order valence-electron chi connectivity index (χ4n) is 6.53. The van der Waals surface area contributed by atoms with Crippen LogP contribution < -0.4 is 0 Å². The number of rotatable bonds is 3. The summed E-state index contributed by atoms with van der Waals surface area (Å²) in [6, 6.07) is 0. The lowest BCUT2D eigenvalue weighted by atomic mass is 9.47. The van der Waals surface area contributed by atoms with Gasteiger partial charge in [0, 0.05) is 44.9 Å². The Labute approximate surface area is 160 Å². The van der Waals surface area contributed by atoms with Gasteiger partial charge in [0.25, 0.3) is 0 Å². The Morgan fingerprint density at radius 2 is 2.00 bits per heavy atom. The van der Waals surface area contributed by atoms with Crippen LogP contribution in [-0.4, -0.2) is 18.2 Å². The zero-order valence-corrected chi connectivity index (χ0v) is 17.2. The van der Waals surface area contributed by atoms with E-state index in [2.05, 4.69) is 28.1 Å². The number of Topliss-reactive ketones (excluding diaryl/α,β-unsaturated/α-hetero) is 1. The molecule has 24 heavy (non-hydrogen) atoms. The molecule has 5 atom stereocenters. The predicted octanol–water partition coefficient (Wildman–Crippen LogP) is 5.08. The molecule has 0 aromatic heterocycles. The van der Waals surface area contributed by atoms with Crippen LogP contribution in [0.3, 0.4) is 0 Å². The van der Waals surface area contributed by atoms with Gasteiger partial charge >= 0.3 is 0 Å². The summed E-state index contributed by atoms with van der Waals surface area (Å²) in [4.78, 5) is 24.5. The molecule has 0 aliphatic heterocycles. The maximum absolute atomic E-state index is 12.5. The molecule has 132 valence electrons. The number of fused-ring (bicyclic) bond motifs is 5. The summed E-state index contributed by atoms with van der Waals surface area (Å²) in [7, 11) is 1.41. The largest absolute Gasteiger partial charge is 0.305 e. The van der Waals surface area contributed by atoms with E-state index in [1.54, 1.807) is 0 Å². The standard InChI is InChI=1S/C19H25IO3S/c1-18-8-7-16-14(15(18)4-5-17(18)22)3-2-12-10-13(21)6-9-19(12,16)11-23-24-20/h10,14-16H,2-9,11H2,1H3/t14-,15-,16-,18-,19+/m0/s1. The van der Waals surface area contributed by atoms with Crippen molar-refractivity contribution >= 4 is 42.0 Å². The Hall–Kier alpha value is 0.120. The van der Waals surface area contributed by atoms with E-state index >= 15 is 0 Å². The molecule has 0 heterocycles. The van der Waals surface area contributed by atoms with Crippen molar-refractivity contribution in [2.75, 3.05) is 6.61 Å². The summed E-state index contributed by atoms with van der Waals surface area (Å²) in [5, 5.41) is 0. The Kier molecular flexibility index (Phi) is 4.66. The summed E-state index contributed by atoms with van der Waals surface area (Å²) >= 11 is 2.19. The number of ketones is 2. The second-order valence-electron chi connectivity index (χ2n) is 8.45. The third kappa shape index (κ3) is 2.48. The normalized spacial score (nSPS) is 44.6. The van der Waals surface area contributed by atoms with Crippen molar-refractivity contribution in [2.24, 2.45) is 28.6 Å². The van der Waals surface area contributed by atoms with E-state index in [0.717, 1.165) is 51.6 Å². The molecular weight excluding hydrogens is 435 g/mol. The lowest BCUT2D eigenvalue weighted by Crippen LogP contribution is -2.53. The smallest absolute Gasteiger partial charge is 0.155 e. The van der Waals surface area contributed by atoms with Crippen LogP contribution in [0.25, 0.3) is 0 Å². The molecule has 0 radical (unpaired) electrons. The van der Waals surface area contributed by atoms with E-state index in [1.165, 1.54) is 14.8 Å². The van der Waals surface area contributed by atoms with Crippen LogP contribution in [0.15, 0.2) is 11.6 Å². The second-order valence-corrected chi connectivity index (χ2v) is 9.89. The SMILES string of the molecule is C[C@]12CC[C@H]3[C@@H](CCC4=CC(=O)CC[C@@]43COSI)[C@@H]1CCC2=O. The van der Waals surface area contributed by atoms with Crippen molar-refractivity contribution in [3.05, 3.63) is 11.6 Å². The molecule has 0 aromatic carbocycles. The van der Waals surface area contributed by atoms with Crippen LogP contribution in [-0.2, 0) is 13.8 Å². The maximum Gasteiger partial charge on any atom is 0.155 e. The zero-order valence-electron chi connectivity index (χ0n) is 14.2. The zero-order chi connectivity index (χ0) is 16.9. The number of carbonyl (C=O) groups is 2. The van der Waals surface area contributed by atoms with Crippen molar-refractivity contribution in [1.82, 2.24) is 0 Å². The highest BCUT2D eigenvalue weighted by molar-refractivity contribution is 14.2. The first-order valence-electron chi connectivity index (χ1n) is 9.19. The number of carbonyl (C=O) groups excluding carboxylic acids is 2. The Morgan fingerprint density at radius 3 is 2.79 bits per heavy atom. The molecule has 4 aliphatic rings. The van der Waals surface area contributed by atoms with Gasteiger partial charge in [0.1, 0.15) is 5.78 Å². The molecule has 0 aromatic rings. The third-order valence-electron chi connectivity index (χ3n) is 7.76. The molecule has 3 fully saturated rings. The molecule has 3 nitrogen and oxygen atoms in total. The van der Waals surface area contributed by atoms with Gasteiger partial charge in [-0.1, -0.05) is 12.5 Å². The molecule has 0 N–H and O–H groups in total. The molecular formula is C19H25IO3S. The molecule has 5 heteroatoms. The van der Waals surface area contributed by atoms with Gasteiger partial charge in [-0.3, -0.25) is 9.59 Å². The highest BCUT2D eigenvalue weighted by Gasteiger charge is 2.60. The van der Waals surface area contributed by atoms with Crippen LogP contribution in [0.1, 0.15) is 58.3 Å². The van der Waals surface area contributed by atoms with E-state index in [9.17, 15) is 9.59 Å². The van der Waals surface area contributed by atoms with Crippen molar-refractivity contribution in [3.63, 3.8) is 0 Å². The summed E-state index contributed by atoms with van der Waals surface area (Å²) in [5.74, 6) is 2.55. The second kappa shape index (κ2) is 6.38. The van der Waals surface area contributed by atoms with Crippen LogP contribution >= 0.6 is 30.4 Å². The fraction of sp³-hybridized carbons (Fsp3) is 0.789. The molecule has 0 bridgehead atoms. The Morgan fingerprint density at radius 1 is 1.17 bits per heavy atom. The fourth-order valence-corrected chi connectivity index (χ4v) is 7.17. The number of hydrogen-bond acceptors (Lipinski definition) is 4. The van der Waals surface area contributed by atoms with Gasteiger partial charge in [-0.2, -0.15) is 0 Å².